The fourth-order valence-corrected chi connectivity index (χ4v) is 2.30. The molecule has 0 aliphatic heterocycles. The third-order valence-electron chi connectivity index (χ3n) is 2.88. The molecule has 0 spiro atoms. The van der Waals surface area contributed by atoms with E-state index in [9.17, 15) is 14.0 Å². The number of ether oxygens (including phenoxy) is 1. The molecular formula is C16H12Cl2FNO3. The number of hydrogen-bond acceptors (Lipinski definition) is 3. The molecule has 120 valence electrons. The van der Waals surface area contributed by atoms with Crippen LogP contribution in [-0.2, 0) is 20.7 Å². The third-order valence-corrected chi connectivity index (χ3v) is 3.58. The van der Waals surface area contributed by atoms with Crippen LogP contribution in [0.5, 0.6) is 0 Å². The highest BCUT2D eigenvalue weighted by atomic mass is 35.5. The van der Waals surface area contributed by atoms with Gasteiger partial charge in [0, 0.05) is 21.3 Å². The number of carbonyl (C=O) groups is 2. The molecular weight excluding hydrogens is 344 g/mol. The lowest BCUT2D eigenvalue weighted by Crippen LogP contribution is -2.21. The summed E-state index contributed by atoms with van der Waals surface area (Å²) in [5.74, 6) is -1.57. The van der Waals surface area contributed by atoms with E-state index in [0.717, 1.165) is 0 Å². The molecule has 2 rings (SSSR count). The molecule has 0 heterocycles. The lowest BCUT2D eigenvalue weighted by molar-refractivity contribution is -0.146. The minimum absolute atomic E-state index is 0.137. The molecule has 0 aliphatic carbocycles. The van der Waals surface area contributed by atoms with E-state index < -0.39 is 24.3 Å². The number of esters is 1. The van der Waals surface area contributed by atoms with Crippen molar-refractivity contribution in [1.82, 2.24) is 0 Å². The predicted octanol–water partition coefficient (Wildman–Crippen LogP) is 3.86. The van der Waals surface area contributed by atoms with Crippen molar-refractivity contribution in [3.05, 3.63) is 63.9 Å². The first-order chi connectivity index (χ1) is 11.0. The highest BCUT2D eigenvalue weighted by Crippen LogP contribution is 2.24. The fraction of sp³-hybridized carbons (Fsp3) is 0.125. The number of benzene rings is 2. The van der Waals surface area contributed by atoms with Crippen LogP contribution in [0, 0.1) is 5.82 Å². The summed E-state index contributed by atoms with van der Waals surface area (Å²) in [7, 11) is 0. The Morgan fingerprint density at radius 1 is 1.04 bits per heavy atom. The van der Waals surface area contributed by atoms with Crippen LogP contribution >= 0.6 is 23.2 Å². The molecule has 0 atom stereocenters. The Balaban J connectivity index is 1.84. The Hall–Kier alpha value is -2.11. The van der Waals surface area contributed by atoms with Gasteiger partial charge in [0.05, 0.1) is 6.42 Å². The van der Waals surface area contributed by atoms with Crippen LogP contribution in [0.1, 0.15) is 5.56 Å². The van der Waals surface area contributed by atoms with Gasteiger partial charge >= 0.3 is 5.97 Å². The van der Waals surface area contributed by atoms with Crippen LogP contribution in [-0.4, -0.2) is 18.5 Å². The smallest absolute Gasteiger partial charge is 0.310 e. The van der Waals surface area contributed by atoms with Crippen LogP contribution in [0.3, 0.4) is 0 Å². The fourth-order valence-electron chi connectivity index (χ4n) is 1.77. The highest BCUT2D eigenvalue weighted by molar-refractivity contribution is 6.36. The Labute approximate surface area is 142 Å². The Morgan fingerprint density at radius 3 is 2.26 bits per heavy atom. The average molecular weight is 356 g/mol. The lowest BCUT2D eigenvalue weighted by Gasteiger charge is -2.08. The summed E-state index contributed by atoms with van der Waals surface area (Å²) < 4.78 is 17.6. The molecule has 7 heteroatoms. The van der Waals surface area contributed by atoms with Gasteiger partial charge in [-0.3, -0.25) is 9.59 Å². The molecule has 23 heavy (non-hydrogen) atoms. The summed E-state index contributed by atoms with van der Waals surface area (Å²) in [6, 6.07) is 10.1. The van der Waals surface area contributed by atoms with Crippen LogP contribution < -0.4 is 5.32 Å². The molecule has 0 bridgehead atoms. The van der Waals surface area contributed by atoms with Gasteiger partial charge < -0.3 is 10.1 Å². The molecule has 0 saturated heterocycles. The van der Waals surface area contributed by atoms with Gasteiger partial charge in [-0.15, -0.1) is 0 Å². The van der Waals surface area contributed by atoms with Crippen LogP contribution in [0.15, 0.2) is 42.5 Å². The molecule has 0 aromatic heterocycles. The van der Waals surface area contributed by atoms with Gasteiger partial charge in [0.2, 0.25) is 0 Å². The largest absolute Gasteiger partial charge is 0.455 e. The van der Waals surface area contributed by atoms with Crippen molar-refractivity contribution in [2.45, 2.75) is 6.42 Å². The van der Waals surface area contributed by atoms with Crippen LogP contribution in [0.25, 0.3) is 0 Å². The zero-order chi connectivity index (χ0) is 16.8. The van der Waals surface area contributed by atoms with Gasteiger partial charge in [0.15, 0.2) is 6.61 Å². The van der Waals surface area contributed by atoms with Crippen molar-refractivity contribution in [3.8, 4) is 0 Å². The van der Waals surface area contributed by atoms with Gasteiger partial charge in [-0.1, -0.05) is 29.3 Å². The van der Waals surface area contributed by atoms with Crippen molar-refractivity contribution >= 4 is 40.8 Å². The molecule has 2 aromatic carbocycles. The highest BCUT2D eigenvalue weighted by Gasteiger charge is 2.13. The molecule has 0 aliphatic rings. The van der Waals surface area contributed by atoms with Gasteiger partial charge in [-0.05, 0) is 36.4 Å². The second-order valence-corrected chi connectivity index (χ2v) is 5.41. The zero-order valence-electron chi connectivity index (χ0n) is 11.8. The Kier molecular flexibility index (Phi) is 5.96. The van der Waals surface area contributed by atoms with E-state index >= 15 is 0 Å². The second kappa shape index (κ2) is 7.94. The van der Waals surface area contributed by atoms with Crippen molar-refractivity contribution in [1.29, 1.82) is 0 Å². The predicted molar refractivity (Wildman–Crippen MR) is 86.2 cm³/mol. The van der Waals surface area contributed by atoms with E-state index in [1.54, 1.807) is 18.2 Å². The Bertz CT molecular complexity index is 700. The molecule has 0 saturated carbocycles. The second-order valence-electron chi connectivity index (χ2n) is 4.59. The molecule has 1 amide bonds. The minimum atomic E-state index is -0.630. The topological polar surface area (TPSA) is 55.4 Å². The maximum atomic E-state index is 12.7. The van der Waals surface area contributed by atoms with E-state index in [-0.39, 0.29) is 6.42 Å². The SMILES string of the molecule is O=C(COC(=O)Cc1c(Cl)cccc1Cl)Nc1ccc(F)cc1. The maximum absolute atomic E-state index is 12.7. The minimum Gasteiger partial charge on any atom is -0.455 e. The average Bonchev–Trinajstić information content (AvgIpc) is 2.51. The number of amides is 1. The molecule has 0 unspecified atom stereocenters. The molecule has 0 radical (unpaired) electrons. The monoisotopic (exact) mass is 355 g/mol. The molecule has 1 N–H and O–H groups in total. The summed E-state index contributed by atoms with van der Waals surface area (Å²) in [6.07, 6.45) is -0.137. The van der Waals surface area contributed by atoms with Crippen LogP contribution in [0.4, 0.5) is 10.1 Å². The first kappa shape index (κ1) is 17.2. The van der Waals surface area contributed by atoms with Crippen LogP contribution in [0.2, 0.25) is 10.0 Å². The van der Waals surface area contributed by atoms with Gasteiger partial charge in [-0.25, -0.2) is 4.39 Å². The number of carbonyl (C=O) groups excluding carboxylic acids is 2. The van der Waals surface area contributed by atoms with Crippen molar-refractivity contribution < 1.29 is 18.7 Å². The maximum Gasteiger partial charge on any atom is 0.310 e. The summed E-state index contributed by atoms with van der Waals surface area (Å²) in [4.78, 5) is 23.4. The van der Waals surface area contributed by atoms with Gasteiger partial charge in [0.25, 0.3) is 5.91 Å². The van der Waals surface area contributed by atoms with Crippen molar-refractivity contribution in [2.24, 2.45) is 0 Å². The number of halogens is 3. The summed E-state index contributed by atoms with van der Waals surface area (Å²) in [5, 5.41) is 3.18. The van der Waals surface area contributed by atoms with Crippen molar-refractivity contribution in [2.75, 3.05) is 11.9 Å². The standard InChI is InChI=1S/C16H12Cl2FNO3/c17-13-2-1-3-14(18)12(13)8-16(22)23-9-15(21)20-11-6-4-10(19)5-7-11/h1-7H,8-9H2,(H,20,21). The van der Waals surface area contributed by atoms with Crippen molar-refractivity contribution in [3.63, 3.8) is 0 Å². The summed E-state index contributed by atoms with van der Waals surface area (Å²) in [5.41, 5.74) is 0.848. The first-order valence-corrected chi connectivity index (χ1v) is 7.35. The van der Waals surface area contributed by atoms with E-state index in [0.29, 0.717) is 21.3 Å². The summed E-state index contributed by atoms with van der Waals surface area (Å²) in [6.45, 7) is -0.460. The number of nitrogens with one attached hydrogen (secondary N) is 1. The normalized spacial score (nSPS) is 10.2. The van der Waals surface area contributed by atoms with E-state index in [1.807, 2.05) is 0 Å². The molecule has 2 aromatic rings. The van der Waals surface area contributed by atoms with E-state index in [4.69, 9.17) is 27.9 Å². The molecule has 4 nitrogen and oxygen atoms in total. The third kappa shape index (κ3) is 5.23. The number of anilines is 1. The summed E-state index contributed by atoms with van der Waals surface area (Å²) >= 11 is 11.9. The van der Waals surface area contributed by atoms with Gasteiger partial charge in [-0.2, -0.15) is 0 Å². The van der Waals surface area contributed by atoms with E-state index in [1.165, 1.54) is 24.3 Å². The quantitative estimate of drug-likeness (QED) is 0.828. The Morgan fingerprint density at radius 2 is 1.65 bits per heavy atom. The lowest BCUT2D eigenvalue weighted by atomic mass is 10.1. The first-order valence-electron chi connectivity index (χ1n) is 6.59. The number of rotatable bonds is 5. The zero-order valence-corrected chi connectivity index (χ0v) is 13.3. The number of hydrogen-bond donors (Lipinski definition) is 1. The molecule has 0 fully saturated rings. The van der Waals surface area contributed by atoms with Gasteiger partial charge in [0.1, 0.15) is 5.82 Å². The van der Waals surface area contributed by atoms with E-state index in [2.05, 4.69) is 5.32 Å².